The first kappa shape index (κ1) is 35.4. The molecule has 7 rings (SSSR count). The molecule has 0 radical (unpaired) electrons. The topological polar surface area (TPSA) is 6.48 Å². The molecule has 2 saturated heterocycles. The van der Waals surface area contributed by atoms with E-state index in [0.29, 0.717) is 0 Å². The second-order valence-corrected chi connectivity index (χ2v) is 18.9. The Morgan fingerprint density at radius 2 is 0.489 bits per heavy atom. The van der Waals surface area contributed by atoms with Crippen molar-refractivity contribution in [2.75, 3.05) is 0 Å². The van der Waals surface area contributed by atoms with Crippen LogP contribution in [0.3, 0.4) is 0 Å². The zero-order valence-corrected chi connectivity index (χ0v) is 31.4. The zero-order valence-electron chi connectivity index (χ0n) is 31.4. The minimum atomic E-state index is 0.895. The van der Waals surface area contributed by atoms with Crippen LogP contribution in [0.25, 0.3) is 0 Å². The second kappa shape index (κ2) is 18.5. The van der Waals surface area contributed by atoms with Gasteiger partial charge in [-0.25, -0.2) is 0 Å². The quantitative estimate of drug-likeness (QED) is 0.276. The summed E-state index contributed by atoms with van der Waals surface area (Å²) in [7, 11) is 0. The van der Waals surface area contributed by atoms with Gasteiger partial charge < -0.3 is 0 Å². The van der Waals surface area contributed by atoms with Crippen LogP contribution in [-0.2, 0) is 0 Å². The van der Waals surface area contributed by atoms with Gasteiger partial charge in [0.1, 0.15) is 6.71 Å². The molecule has 7 bridgehead atoms. The third-order valence-electron chi connectivity index (χ3n) is 15.9. The Kier molecular flexibility index (Phi) is 13.9. The Balaban J connectivity index is 1.26. The molecule has 0 aromatic carbocycles. The molecule has 268 valence electrons. The Morgan fingerprint density at radius 3 is 0.851 bits per heavy atom. The smallest absolute Gasteiger partial charge is 0.149 e. The number of fused-ring (bicyclic) bond motifs is 8. The number of nitrogens with zero attached hydrogens (tertiary/aromatic N) is 2. The highest BCUT2D eigenvalue weighted by atomic mass is 15.2. The summed E-state index contributed by atoms with van der Waals surface area (Å²) in [5.41, 5.74) is 0. The lowest BCUT2D eigenvalue weighted by atomic mass is 9.23. The van der Waals surface area contributed by atoms with Crippen molar-refractivity contribution in [3.05, 3.63) is 0 Å². The second-order valence-electron chi connectivity index (χ2n) is 18.9. The SMILES string of the molecule is C1CCCC(N2C3CCCCCCCC(C3)B3C4CCCCCCCC(C4)N(C4CCCCCCC4)C4CCCC2CC3C4)CCC1. The van der Waals surface area contributed by atoms with E-state index in [1.807, 2.05) is 0 Å². The summed E-state index contributed by atoms with van der Waals surface area (Å²) in [6.45, 7) is 1.04. The van der Waals surface area contributed by atoms with E-state index in [9.17, 15) is 0 Å². The molecular formula is C44H79BN2. The molecule has 0 amide bonds. The predicted octanol–water partition coefficient (Wildman–Crippen LogP) is 13.2. The zero-order chi connectivity index (χ0) is 31.7. The van der Waals surface area contributed by atoms with E-state index in [2.05, 4.69) is 9.80 Å². The van der Waals surface area contributed by atoms with E-state index in [1.54, 1.807) is 51.4 Å². The summed E-state index contributed by atoms with van der Waals surface area (Å²) in [6.07, 6.45) is 53.6. The predicted molar refractivity (Wildman–Crippen MR) is 205 cm³/mol. The Hall–Kier alpha value is -0.0151. The van der Waals surface area contributed by atoms with Gasteiger partial charge in [-0.15, -0.1) is 0 Å². The molecule has 7 fully saturated rings. The highest BCUT2D eigenvalue weighted by molar-refractivity contribution is 6.63. The average molecular weight is 647 g/mol. The number of hydrogen-bond donors (Lipinski definition) is 0. The van der Waals surface area contributed by atoms with Crippen molar-refractivity contribution in [2.24, 2.45) is 0 Å². The van der Waals surface area contributed by atoms with Crippen LogP contribution in [0.4, 0.5) is 0 Å². The summed E-state index contributed by atoms with van der Waals surface area (Å²) >= 11 is 0. The van der Waals surface area contributed by atoms with Crippen molar-refractivity contribution in [2.45, 2.75) is 278 Å². The molecule has 47 heavy (non-hydrogen) atoms. The van der Waals surface area contributed by atoms with Gasteiger partial charge in [-0.2, -0.15) is 0 Å². The maximum absolute atomic E-state index is 3.39. The maximum Gasteiger partial charge on any atom is 0.149 e. The molecule has 5 saturated carbocycles. The molecular weight excluding hydrogens is 567 g/mol. The molecule has 6 atom stereocenters. The summed E-state index contributed by atoms with van der Waals surface area (Å²) in [6, 6.07) is 5.39. The van der Waals surface area contributed by atoms with Crippen LogP contribution < -0.4 is 0 Å². The van der Waals surface area contributed by atoms with Crippen LogP contribution in [0.1, 0.15) is 225 Å². The normalized spacial score (nSPS) is 39.3. The van der Waals surface area contributed by atoms with Crippen LogP contribution in [0.5, 0.6) is 0 Å². The van der Waals surface area contributed by atoms with Gasteiger partial charge in [0.15, 0.2) is 0 Å². The average Bonchev–Trinajstić information content (AvgIpc) is 3.02. The molecule has 0 N–H and O–H groups in total. The van der Waals surface area contributed by atoms with Crippen molar-refractivity contribution in [1.82, 2.24) is 9.80 Å². The molecule has 2 aliphatic heterocycles. The minimum absolute atomic E-state index is 0.895. The van der Waals surface area contributed by atoms with Crippen LogP contribution in [0, 0.1) is 0 Å². The van der Waals surface area contributed by atoms with Crippen molar-refractivity contribution >= 4 is 6.71 Å². The highest BCUT2D eigenvalue weighted by Crippen LogP contribution is 2.53. The molecule has 3 heteroatoms. The van der Waals surface area contributed by atoms with Gasteiger partial charge in [-0.3, -0.25) is 9.80 Å². The third-order valence-corrected chi connectivity index (χ3v) is 15.9. The van der Waals surface area contributed by atoms with Gasteiger partial charge in [0, 0.05) is 36.3 Å². The standard InChI is InChI=1S/C44H79BN2/c1-5-13-22-36-32-41(28-19-11-1)46(39-24-15-7-3-8-16-25-39)43-30-21-31-44-35-38(34-43)45(36)37-23-14-6-2-12-20-29-42(33-37)47(44)40-26-17-9-4-10-18-27-40/h36-44H,1-35H2. The van der Waals surface area contributed by atoms with Gasteiger partial charge in [-0.05, 0) is 77.0 Å². The Morgan fingerprint density at radius 1 is 0.234 bits per heavy atom. The summed E-state index contributed by atoms with van der Waals surface area (Å²) in [4.78, 5) is 6.77. The fraction of sp³-hybridized carbons (Fsp3) is 1.00. The fourth-order valence-electron chi connectivity index (χ4n) is 13.9. The van der Waals surface area contributed by atoms with Crippen molar-refractivity contribution in [3.63, 3.8) is 0 Å². The summed E-state index contributed by atoms with van der Waals surface area (Å²) < 4.78 is 0. The third kappa shape index (κ3) is 9.27. The van der Waals surface area contributed by atoms with Crippen LogP contribution >= 0.6 is 0 Å². The maximum atomic E-state index is 3.39. The van der Waals surface area contributed by atoms with E-state index in [-0.39, 0.29) is 0 Å². The monoisotopic (exact) mass is 647 g/mol. The number of rotatable bonds is 2. The number of hydrogen-bond acceptors (Lipinski definition) is 2. The van der Waals surface area contributed by atoms with Gasteiger partial charge in [0.25, 0.3) is 0 Å². The van der Waals surface area contributed by atoms with Gasteiger partial charge >= 0.3 is 0 Å². The molecule has 6 unspecified atom stereocenters. The minimum Gasteiger partial charge on any atom is -0.295 e. The first-order valence-corrected chi connectivity index (χ1v) is 22.9. The van der Waals surface area contributed by atoms with Crippen LogP contribution in [-0.4, -0.2) is 52.8 Å². The molecule has 0 spiro atoms. The summed E-state index contributed by atoms with van der Waals surface area (Å²) in [5, 5.41) is 0. The van der Waals surface area contributed by atoms with Crippen molar-refractivity contribution in [1.29, 1.82) is 0 Å². The van der Waals surface area contributed by atoms with E-state index in [0.717, 1.165) is 60.4 Å². The lowest BCUT2D eigenvalue weighted by Gasteiger charge is -2.56. The van der Waals surface area contributed by atoms with Crippen LogP contribution in [0.2, 0.25) is 17.5 Å². The lowest BCUT2D eigenvalue weighted by molar-refractivity contribution is 0.00623. The molecule has 0 aromatic rings. The molecule has 7 aliphatic rings. The Labute approximate surface area is 294 Å². The van der Waals surface area contributed by atoms with Gasteiger partial charge in [0.2, 0.25) is 0 Å². The van der Waals surface area contributed by atoms with Gasteiger partial charge in [0.05, 0.1) is 0 Å². The largest absolute Gasteiger partial charge is 0.295 e. The molecule has 5 aliphatic carbocycles. The molecule has 2 heterocycles. The lowest BCUT2D eigenvalue weighted by Crippen LogP contribution is -2.58. The molecule has 0 aromatic heterocycles. The first-order valence-electron chi connectivity index (χ1n) is 22.9. The van der Waals surface area contributed by atoms with E-state index >= 15 is 0 Å². The van der Waals surface area contributed by atoms with Crippen molar-refractivity contribution < 1.29 is 0 Å². The fourth-order valence-corrected chi connectivity index (χ4v) is 13.9. The van der Waals surface area contributed by atoms with Crippen LogP contribution in [0.15, 0.2) is 0 Å². The van der Waals surface area contributed by atoms with E-state index in [4.69, 9.17) is 0 Å². The van der Waals surface area contributed by atoms with E-state index in [1.165, 1.54) is 173 Å². The summed E-state index contributed by atoms with van der Waals surface area (Å²) in [5.74, 6) is 3.03. The highest BCUT2D eigenvalue weighted by Gasteiger charge is 2.50. The first-order chi connectivity index (χ1) is 23.3. The Bertz CT molecular complexity index is 808. The van der Waals surface area contributed by atoms with Crippen molar-refractivity contribution in [3.8, 4) is 0 Å². The molecule has 2 nitrogen and oxygen atoms in total. The van der Waals surface area contributed by atoms with Gasteiger partial charge in [-0.1, -0.05) is 165 Å². The van der Waals surface area contributed by atoms with E-state index < -0.39 is 0 Å².